The zero-order valence-electron chi connectivity index (χ0n) is 8.58. The van der Waals surface area contributed by atoms with Gasteiger partial charge in [-0.05, 0) is 19.1 Å². The topological polar surface area (TPSA) is 21.6 Å². The maximum absolute atomic E-state index is 13.4. The fourth-order valence-corrected chi connectivity index (χ4v) is 1.66. The molecule has 2 unspecified atom stereocenters. The van der Waals surface area contributed by atoms with E-state index in [-0.39, 0.29) is 17.0 Å². The van der Waals surface area contributed by atoms with Crippen molar-refractivity contribution in [3.8, 4) is 0 Å². The number of alkyl halides is 1. The standard InChI is InChI=1S/C11H10ClF2NO/c1-6(12)11-5-10(15-16-11)8-3-2-7(13)4-9(8)14/h2-4,6,11H,5H2,1H3. The molecule has 0 aromatic heterocycles. The molecule has 0 bridgehead atoms. The van der Waals surface area contributed by atoms with Crippen molar-refractivity contribution >= 4 is 17.3 Å². The third-order valence-corrected chi connectivity index (χ3v) is 2.73. The summed E-state index contributed by atoms with van der Waals surface area (Å²) in [4.78, 5) is 5.06. The Balaban J connectivity index is 2.21. The Morgan fingerprint density at radius 2 is 2.25 bits per heavy atom. The molecule has 0 fully saturated rings. The summed E-state index contributed by atoms with van der Waals surface area (Å²) in [7, 11) is 0. The molecule has 2 nitrogen and oxygen atoms in total. The van der Waals surface area contributed by atoms with Crippen LogP contribution in [-0.4, -0.2) is 17.2 Å². The van der Waals surface area contributed by atoms with Crippen LogP contribution in [0, 0.1) is 11.6 Å². The van der Waals surface area contributed by atoms with E-state index < -0.39 is 11.6 Å². The first-order valence-electron chi connectivity index (χ1n) is 4.90. The van der Waals surface area contributed by atoms with Crippen molar-refractivity contribution < 1.29 is 13.6 Å². The molecule has 0 spiro atoms. The van der Waals surface area contributed by atoms with Gasteiger partial charge >= 0.3 is 0 Å². The van der Waals surface area contributed by atoms with Crippen LogP contribution >= 0.6 is 11.6 Å². The molecule has 1 heterocycles. The van der Waals surface area contributed by atoms with E-state index in [1.807, 2.05) is 0 Å². The lowest BCUT2D eigenvalue weighted by Gasteiger charge is -2.09. The summed E-state index contributed by atoms with van der Waals surface area (Å²) < 4.78 is 26.1. The van der Waals surface area contributed by atoms with Crippen molar-refractivity contribution in [2.24, 2.45) is 5.16 Å². The first-order chi connectivity index (χ1) is 7.58. The van der Waals surface area contributed by atoms with Crippen molar-refractivity contribution in [2.75, 3.05) is 0 Å². The van der Waals surface area contributed by atoms with Crippen LogP contribution in [0.3, 0.4) is 0 Å². The van der Waals surface area contributed by atoms with E-state index in [4.69, 9.17) is 16.4 Å². The zero-order chi connectivity index (χ0) is 11.7. The van der Waals surface area contributed by atoms with Crippen molar-refractivity contribution in [1.82, 2.24) is 0 Å². The highest BCUT2D eigenvalue weighted by molar-refractivity contribution is 6.21. The summed E-state index contributed by atoms with van der Waals surface area (Å²) in [6, 6.07) is 3.38. The van der Waals surface area contributed by atoms with Crippen molar-refractivity contribution in [1.29, 1.82) is 0 Å². The van der Waals surface area contributed by atoms with E-state index in [9.17, 15) is 8.78 Å². The Bertz CT molecular complexity index is 434. The molecule has 0 radical (unpaired) electrons. The van der Waals surface area contributed by atoms with Crippen LogP contribution in [0.15, 0.2) is 23.4 Å². The molecule has 0 saturated carbocycles. The molecular formula is C11H10ClF2NO. The van der Waals surface area contributed by atoms with E-state index in [2.05, 4.69) is 5.16 Å². The molecule has 2 atom stereocenters. The second kappa shape index (κ2) is 4.37. The maximum Gasteiger partial charge on any atom is 0.149 e. The van der Waals surface area contributed by atoms with Gasteiger partial charge in [-0.3, -0.25) is 0 Å². The minimum atomic E-state index is -0.634. The van der Waals surface area contributed by atoms with E-state index in [0.29, 0.717) is 12.1 Å². The fourth-order valence-electron chi connectivity index (χ4n) is 1.53. The van der Waals surface area contributed by atoms with Gasteiger partial charge < -0.3 is 4.84 Å². The summed E-state index contributed by atoms with van der Waals surface area (Å²) in [5, 5.41) is 3.56. The van der Waals surface area contributed by atoms with Crippen LogP contribution < -0.4 is 0 Å². The van der Waals surface area contributed by atoms with Crippen LogP contribution in [0.2, 0.25) is 0 Å². The Morgan fingerprint density at radius 1 is 1.50 bits per heavy atom. The highest BCUT2D eigenvalue weighted by atomic mass is 35.5. The number of benzene rings is 1. The molecule has 5 heteroatoms. The van der Waals surface area contributed by atoms with E-state index in [1.165, 1.54) is 12.1 Å². The van der Waals surface area contributed by atoms with Crippen molar-refractivity contribution in [2.45, 2.75) is 24.8 Å². The molecule has 1 aromatic carbocycles. The zero-order valence-corrected chi connectivity index (χ0v) is 9.34. The number of rotatable bonds is 2. The predicted octanol–water partition coefficient (Wildman–Crippen LogP) is 3.09. The maximum atomic E-state index is 13.4. The van der Waals surface area contributed by atoms with Gasteiger partial charge in [0.05, 0.1) is 11.1 Å². The van der Waals surface area contributed by atoms with Crippen molar-refractivity contribution in [3.63, 3.8) is 0 Å². The SMILES string of the molecule is CC(Cl)C1CC(c2ccc(F)cc2F)=NO1. The summed E-state index contributed by atoms with van der Waals surface area (Å²) in [6.45, 7) is 1.78. The lowest BCUT2D eigenvalue weighted by Crippen LogP contribution is -2.18. The molecule has 2 rings (SSSR count). The summed E-state index contributed by atoms with van der Waals surface area (Å²) >= 11 is 5.85. The quantitative estimate of drug-likeness (QED) is 0.734. The van der Waals surface area contributed by atoms with Crippen LogP contribution in [0.25, 0.3) is 0 Å². The average Bonchev–Trinajstić information content (AvgIpc) is 2.66. The second-order valence-corrected chi connectivity index (χ2v) is 4.38. The molecule has 1 aliphatic rings. The van der Waals surface area contributed by atoms with Gasteiger partial charge in [-0.1, -0.05) is 5.16 Å². The van der Waals surface area contributed by atoms with Gasteiger partial charge in [0, 0.05) is 18.1 Å². The Hall–Kier alpha value is -1.16. The molecule has 16 heavy (non-hydrogen) atoms. The minimum Gasteiger partial charge on any atom is -0.390 e. The first kappa shape index (κ1) is 11.3. The molecule has 0 saturated heterocycles. The normalized spacial score (nSPS) is 21.5. The van der Waals surface area contributed by atoms with Gasteiger partial charge in [0.15, 0.2) is 0 Å². The fraction of sp³-hybridized carbons (Fsp3) is 0.364. The Kier molecular flexibility index (Phi) is 3.10. The Morgan fingerprint density at radius 3 is 2.81 bits per heavy atom. The Labute approximate surface area is 96.8 Å². The highest BCUT2D eigenvalue weighted by Gasteiger charge is 2.27. The smallest absolute Gasteiger partial charge is 0.149 e. The molecule has 1 aromatic rings. The lowest BCUT2D eigenvalue weighted by atomic mass is 10.0. The average molecular weight is 246 g/mol. The van der Waals surface area contributed by atoms with Crippen LogP contribution in [-0.2, 0) is 4.84 Å². The van der Waals surface area contributed by atoms with Gasteiger partial charge in [0.1, 0.15) is 17.7 Å². The van der Waals surface area contributed by atoms with Gasteiger partial charge in [-0.15, -0.1) is 11.6 Å². The summed E-state index contributed by atoms with van der Waals surface area (Å²) in [5.74, 6) is -1.24. The number of halogens is 3. The molecular weight excluding hydrogens is 236 g/mol. The summed E-state index contributed by atoms with van der Waals surface area (Å²) in [6.07, 6.45) is 0.189. The van der Waals surface area contributed by atoms with Crippen LogP contribution in [0.5, 0.6) is 0 Å². The number of oxime groups is 1. The first-order valence-corrected chi connectivity index (χ1v) is 5.34. The van der Waals surface area contributed by atoms with Gasteiger partial charge in [-0.2, -0.15) is 0 Å². The van der Waals surface area contributed by atoms with Crippen molar-refractivity contribution in [3.05, 3.63) is 35.4 Å². The molecule has 0 N–H and O–H groups in total. The summed E-state index contributed by atoms with van der Waals surface area (Å²) in [5.41, 5.74) is 0.733. The predicted molar refractivity (Wildman–Crippen MR) is 57.7 cm³/mol. The largest absolute Gasteiger partial charge is 0.390 e. The van der Waals surface area contributed by atoms with Gasteiger partial charge in [-0.25, -0.2) is 8.78 Å². The van der Waals surface area contributed by atoms with Gasteiger partial charge in [0.25, 0.3) is 0 Å². The third kappa shape index (κ3) is 2.16. The van der Waals surface area contributed by atoms with Gasteiger partial charge in [0.2, 0.25) is 0 Å². The lowest BCUT2D eigenvalue weighted by molar-refractivity contribution is 0.0855. The van der Waals surface area contributed by atoms with E-state index in [1.54, 1.807) is 6.92 Å². The van der Waals surface area contributed by atoms with Crippen LogP contribution in [0.1, 0.15) is 18.9 Å². The van der Waals surface area contributed by atoms with Crippen LogP contribution in [0.4, 0.5) is 8.78 Å². The molecule has 0 amide bonds. The minimum absolute atomic E-state index is 0.204. The second-order valence-electron chi connectivity index (χ2n) is 3.69. The monoisotopic (exact) mass is 245 g/mol. The highest BCUT2D eigenvalue weighted by Crippen LogP contribution is 2.23. The van der Waals surface area contributed by atoms with E-state index >= 15 is 0 Å². The third-order valence-electron chi connectivity index (χ3n) is 2.45. The molecule has 0 aliphatic carbocycles. The number of hydrogen-bond donors (Lipinski definition) is 0. The number of hydrogen-bond acceptors (Lipinski definition) is 2. The van der Waals surface area contributed by atoms with E-state index in [0.717, 1.165) is 6.07 Å². The molecule has 1 aliphatic heterocycles. The molecule has 86 valence electrons. The number of nitrogens with zero attached hydrogens (tertiary/aromatic N) is 1.